The molecule has 1 saturated carbocycles. The number of nitriles is 1. The molecule has 1 atom stereocenters. The summed E-state index contributed by atoms with van der Waals surface area (Å²) in [5.74, 6) is -0.469. The molecule has 134 valence electrons. The van der Waals surface area contributed by atoms with Gasteiger partial charge in [-0.1, -0.05) is 44.4 Å². The molecular formula is C19H24N2O4. The molecule has 0 heterocycles. The van der Waals surface area contributed by atoms with Crippen LogP contribution in [0.3, 0.4) is 0 Å². The van der Waals surface area contributed by atoms with Crippen molar-refractivity contribution in [1.29, 1.82) is 5.26 Å². The number of para-hydroxylation sites is 1. The first-order chi connectivity index (χ1) is 12.1. The highest BCUT2D eigenvalue weighted by atomic mass is 16.6. The lowest BCUT2D eigenvalue weighted by Crippen LogP contribution is -2.50. The fourth-order valence-electron chi connectivity index (χ4n) is 2.91. The van der Waals surface area contributed by atoms with Gasteiger partial charge in [0.2, 0.25) is 0 Å². The van der Waals surface area contributed by atoms with Gasteiger partial charge in [0.15, 0.2) is 12.7 Å². The SMILES string of the molecule is CC[C@@H](Oc1ccccc1)C(=O)OCC(=O)NC1(C#N)CCCCC1. The highest BCUT2D eigenvalue weighted by Gasteiger charge is 2.34. The van der Waals surface area contributed by atoms with Crippen molar-refractivity contribution in [3.63, 3.8) is 0 Å². The minimum atomic E-state index is -0.827. The van der Waals surface area contributed by atoms with Crippen molar-refractivity contribution in [1.82, 2.24) is 5.32 Å². The summed E-state index contributed by atoms with van der Waals surface area (Å²) in [6, 6.07) is 11.2. The fourth-order valence-corrected chi connectivity index (χ4v) is 2.91. The van der Waals surface area contributed by atoms with Crippen molar-refractivity contribution in [2.45, 2.75) is 57.1 Å². The molecule has 0 radical (unpaired) electrons. The zero-order valence-electron chi connectivity index (χ0n) is 14.5. The second kappa shape index (κ2) is 9.07. The maximum Gasteiger partial charge on any atom is 0.347 e. The highest BCUT2D eigenvalue weighted by molar-refractivity contribution is 5.82. The number of amides is 1. The molecule has 0 bridgehead atoms. The van der Waals surface area contributed by atoms with E-state index in [0.717, 1.165) is 19.3 Å². The Balaban J connectivity index is 1.83. The molecule has 0 aromatic heterocycles. The zero-order valence-corrected chi connectivity index (χ0v) is 14.5. The first kappa shape index (κ1) is 18.8. The molecule has 6 heteroatoms. The van der Waals surface area contributed by atoms with Gasteiger partial charge in [0.05, 0.1) is 6.07 Å². The molecule has 0 aliphatic heterocycles. The molecule has 0 unspecified atom stereocenters. The third kappa shape index (κ3) is 5.49. The molecule has 1 aliphatic carbocycles. The van der Waals surface area contributed by atoms with E-state index in [4.69, 9.17) is 9.47 Å². The van der Waals surface area contributed by atoms with E-state index in [9.17, 15) is 14.9 Å². The average molecular weight is 344 g/mol. The first-order valence-corrected chi connectivity index (χ1v) is 8.69. The molecule has 0 spiro atoms. The Morgan fingerprint density at radius 3 is 2.52 bits per heavy atom. The van der Waals surface area contributed by atoms with Crippen molar-refractivity contribution in [3.05, 3.63) is 30.3 Å². The number of nitrogens with zero attached hydrogens (tertiary/aromatic N) is 1. The van der Waals surface area contributed by atoms with Gasteiger partial charge in [0.25, 0.3) is 5.91 Å². The van der Waals surface area contributed by atoms with Crippen molar-refractivity contribution in [3.8, 4) is 11.8 Å². The predicted octanol–water partition coefficient (Wildman–Crippen LogP) is 2.73. The molecule has 1 fully saturated rings. The largest absolute Gasteiger partial charge is 0.479 e. The van der Waals surface area contributed by atoms with E-state index in [1.807, 2.05) is 25.1 Å². The molecule has 1 aromatic rings. The quantitative estimate of drug-likeness (QED) is 0.768. The van der Waals surface area contributed by atoms with Gasteiger partial charge in [-0.05, 0) is 31.4 Å². The van der Waals surface area contributed by atoms with E-state index in [1.54, 1.807) is 12.1 Å². The minimum Gasteiger partial charge on any atom is -0.479 e. The molecule has 1 aromatic carbocycles. The van der Waals surface area contributed by atoms with Gasteiger partial charge in [0, 0.05) is 0 Å². The van der Waals surface area contributed by atoms with Crippen molar-refractivity contribution < 1.29 is 19.1 Å². The number of hydrogen-bond acceptors (Lipinski definition) is 5. The van der Waals surface area contributed by atoms with Gasteiger partial charge >= 0.3 is 5.97 Å². The van der Waals surface area contributed by atoms with Crippen LogP contribution in [0.2, 0.25) is 0 Å². The highest BCUT2D eigenvalue weighted by Crippen LogP contribution is 2.27. The van der Waals surface area contributed by atoms with E-state index < -0.39 is 30.1 Å². The molecule has 1 aliphatic rings. The van der Waals surface area contributed by atoms with Gasteiger partial charge in [-0.2, -0.15) is 5.26 Å². The average Bonchev–Trinajstić information content (AvgIpc) is 2.65. The van der Waals surface area contributed by atoms with E-state index in [1.165, 1.54) is 0 Å². The Bertz CT molecular complexity index is 618. The predicted molar refractivity (Wildman–Crippen MR) is 91.7 cm³/mol. The molecule has 6 nitrogen and oxygen atoms in total. The van der Waals surface area contributed by atoms with Crippen LogP contribution >= 0.6 is 0 Å². The van der Waals surface area contributed by atoms with Crippen LogP contribution in [0.25, 0.3) is 0 Å². The van der Waals surface area contributed by atoms with Gasteiger partial charge in [-0.25, -0.2) is 4.79 Å². The zero-order chi connectivity index (χ0) is 18.1. The Morgan fingerprint density at radius 1 is 1.24 bits per heavy atom. The second-order valence-electron chi connectivity index (χ2n) is 6.24. The number of esters is 1. The van der Waals surface area contributed by atoms with E-state index in [0.29, 0.717) is 25.0 Å². The van der Waals surface area contributed by atoms with Crippen molar-refractivity contribution >= 4 is 11.9 Å². The normalized spacial score (nSPS) is 17.0. The smallest absolute Gasteiger partial charge is 0.347 e. The Labute approximate surface area is 148 Å². The number of rotatable bonds is 7. The van der Waals surface area contributed by atoms with Crippen LogP contribution in [0, 0.1) is 11.3 Å². The van der Waals surface area contributed by atoms with E-state index in [-0.39, 0.29) is 0 Å². The molecule has 1 N–H and O–H groups in total. The molecular weight excluding hydrogens is 320 g/mol. The minimum absolute atomic E-state index is 0.406. The van der Waals surface area contributed by atoms with E-state index in [2.05, 4.69) is 11.4 Å². The third-order valence-corrected chi connectivity index (χ3v) is 4.30. The van der Waals surface area contributed by atoms with Crippen LogP contribution in [0.15, 0.2) is 30.3 Å². The summed E-state index contributed by atoms with van der Waals surface area (Å²) >= 11 is 0. The van der Waals surface area contributed by atoms with Crippen LogP contribution in [0.4, 0.5) is 0 Å². The van der Waals surface area contributed by atoms with Gasteiger partial charge in [-0.15, -0.1) is 0 Å². The Hall–Kier alpha value is -2.55. The third-order valence-electron chi connectivity index (χ3n) is 4.30. The molecule has 1 amide bonds. The van der Waals surface area contributed by atoms with Gasteiger partial charge in [-0.3, -0.25) is 4.79 Å². The summed E-state index contributed by atoms with van der Waals surface area (Å²) in [5.41, 5.74) is -0.827. The van der Waals surface area contributed by atoms with Crippen molar-refractivity contribution in [2.75, 3.05) is 6.61 Å². The second-order valence-corrected chi connectivity index (χ2v) is 6.24. The fraction of sp³-hybridized carbons (Fsp3) is 0.526. The van der Waals surface area contributed by atoms with Crippen LogP contribution in [0.1, 0.15) is 45.4 Å². The number of carbonyl (C=O) groups is 2. The molecule has 2 rings (SSSR count). The van der Waals surface area contributed by atoms with Crippen LogP contribution < -0.4 is 10.1 Å². The summed E-state index contributed by atoms with van der Waals surface area (Å²) in [6.07, 6.45) is 3.83. The summed E-state index contributed by atoms with van der Waals surface area (Å²) in [4.78, 5) is 24.2. The Morgan fingerprint density at radius 2 is 1.92 bits per heavy atom. The van der Waals surface area contributed by atoms with Crippen LogP contribution in [-0.2, 0) is 14.3 Å². The van der Waals surface area contributed by atoms with Crippen LogP contribution in [-0.4, -0.2) is 30.1 Å². The summed E-state index contributed by atoms with van der Waals surface area (Å²) in [6.45, 7) is 1.40. The number of benzene rings is 1. The monoisotopic (exact) mass is 344 g/mol. The maximum atomic E-state index is 12.1. The summed E-state index contributed by atoms with van der Waals surface area (Å²) in [5, 5.41) is 12.1. The number of hydrogen-bond donors (Lipinski definition) is 1. The standard InChI is InChI=1S/C19H24N2O4/c1-2-16(25-15-9-5-3-6-10-15)18(23)24-13-17(22)21-19(14-20)11-7-4-8-12-19/h3,5-6,9-10,16H,2,4,7-8,11-13H2,1H3,(H,21,22)/t16-/m1/s1. The molecule has 0 saturated heterocycles. The lowest BCUT2D eigenvalue weighted by atomic mass is 9.83. The summed E-state index contributed by atoms with van der Waals surface area (Å²) < 4.78 is 10.7. The first-order valence-electron chi connectivity index (χ1n) is 8.69. The van der Waals surface area contributed by atoms with Crippen molar-refractivity contribution in [2.24, 2.45) is 0 Å². The number of nitrogens with one attached hydrogen (secondary N) is 1. The number of ether oxygens (including phenoxy) is 2. The summed E-state index contributed by atoms with van der Waals surface area (Å²) in [7, 11) is 0. The number of carbonyl (C=O) groups excluding carboxylic acids is 2. The maximum absolute atomic E-state index is 12.1. The van der Waals surface area contributed by atoms with Gasteiger partial charge in [0.1, 0.15) is 11.3 Å². The lowest BCUT2D eigenvalue weighted by Gasteiger charge is -2.31. The lowest BCUT2D eigenvalue weighted by molar-refractivity contribution is -0.156. The van der Waals surface area contributed by atoms with Crippen LogP contribution in [0.5, 0.6) is 5.75 Å². The Kier molecular flexibility index (Phi) is 6.81. The van der Waals surface area contributed by atoms with Gasteiger partial charge < -0.3 is 14.8 Å². The topological polar surface area (TPSA) is 88.4 Å². The molecule has 25 heavy (non-hydrogen) atoms. The van der Waals surface area contributed by atoms with E-state index >= 15 is 0 Å².